The van der Waals surface area contributed by atoms with Gasteiger partial charge in [-0.1, -0.05) is 23.7 Å². The molecule has 0 saturated heterocycles. The van der Waals surface area contributed by atoms with Crippen LogP contribution in [-0.2, 0) is 11.3 Å². The molecule has 0 spiro atoms. The largest absolute Gasteiger partial charge is 0.507 e. The molecule has 2 aromatic carbocycles. The summed E-state index contributed by atoms with van der Waals surface area (Å²) in [4.78, 5) is 16.9. The molecule has 2 aromatic heterocycles. The summed E-state index contributed by atoms with van der Waals surface area (Å²) in [6.07, 6.45) is 1.30. The Labute approximate surface area is 168 Å². The van der Waals surface area contributed by atoms with Crippen LogP contribution in [0.2, 0.25) is 5.02 Å². The number of nitrogen functional groups attached to an aromatic ring is 1. The van der Waals surface area contributed by atoms with Gasteiger partial charge in [-0.05, 0) is 40.6 Å². The summed E-state index contributed by atoms with van der Waals surface area (Å²) in [5.41, 5.74) is 10.2. The highest BCUT2D eigenvalue weighted by Crippen LogP contribution is 2.26. The predicted octanol–water partition coefficient (Wildman–Crippen LogP) is 2.18. The molecule has 0 aliphatic heterocycles. The van der Waals surface area contributed by atoms with Crippen LogP contribution >= 0.6 is 11.6 Å². The van der Waals surface area contributed by atoms with Crippen LogP contribution in [-0.4, -0.2) is 37.1 Å². The lowest BCUT2D eigenvalue weighted by Gasteiger charge is -2.06. The first-order chi connectivity index (χ1) is 14.0. The van der Waals surface area contributed by atoms with Crippen LogP contribution in [0.25, 0.3) is 22.6 Å². The average Bonchev–Trinajstić information content (AvgIpc) is 3.28. The number of anilines is 1. The summed E-state index contributed by atoms with van der Waals surface area (Å²) in [5.74, 6) is -0.0283. The van der Waals surface area contributed by atoms with Crippen LogP contribution in [0.3, 0.4) is 0 Å². The number of para-hydroxylation sites is 2. The summed E-state index contributed by atoms with van der Waals surface area (Å²) < 4.78 is 6.29. The van der Waals surface area contributed by atoms with E-state index < -0.39 is 5.91 Å². The Balaban J connectivity index is 1.59. The minimum Gasteiger partial charge on any atom is -0.507 e. The average molecular weight is 412 g/mol. The molecule has 0 aliphatic rings. The summed E-state index contributed by atoms with van der Waals surface area (Å²) in [7, 11) is 0. The zero-order valence-electron chi connectivity index (χ0n) is 14.8. The Morgan fingerprint density at radius 1 is 1.31 bits per heavy atom. The first-order valence-electron chi connectivity index (χ1n) is 8.37. The second-order valence-electron chi connectivity index (χ2n) is 6.00. The van der Waals surface area contributed by atoms with Crippen LogP contribution in [0.5, 0.6) is 5.75 Å². The van der Waals surface area contributed by atoms with Crippen LogP contribution in [0, 0.1) is 0 Å². The number of nitrogens with one attached hydrogen (secondary N) is 1. The monoisotopic (exact) mass is 411 g/mol. The molecular formula is C18H14ClN7O3. The van der Waals surface area contributed by atoms with Crippen molar-refractivity contribution in [1.29, 1.82) is 0 Å². The van der Waals surface area contributed by atoms with Crippen LogP contribution in [0.4, 0.5) is 5.82 Å². The molecule has 10 nitrogen and oxygen atoms in total. The third kappa shape index (κ3) is 3.73. The number of fused-ring (bicyclic) bond motifs is 1. The Kier molecular flexibility index (Phi) is 4.83. The van der Waals surface area contributed by atoms with Gasteiger partial charge in [-0.15, -0.1) is 0 Å². The molecule has 0 fully saturated rings. The molecule has 0 unspecified atom stereocenters. The first kappa shape index (κ1) is 18.4. The van der Waals surface area contributed by atoms with E-state index in [1.807, 2.05) is 18.2 Å². The van der Waals surface area contributed by atoms with E-state index in [-0.39, 0.29) is 23.8 Å². The summed E-state index contributed by atoms with van der Waals surface area (Å²) in [6, 6.07) is 11.8. The van der Waals surface area contributed by atoms with Gasteiger partial charge in [0, 0.05) is 10.6 Å². The normalized spacial score (nSPS) is 11.3. The van der Waals surface area contributed by atoms with Crippen molar-refractivity contribution in [2.75, 3.05) is 5.73 Å². The van der Waals surface area contributed by atoms with Crippen molar-refractivity contribution >= 4 is 40.6 Å². The van der Waals surface area contributed by atoms with Gasteiger partial charge >= 0.3 is 0 Å². The van der Waals surface area contributed by atoms with Gasteiger partial charge in [-0.3, -0.25) is 4.79 Å². The van der Waals surface area contributed by atoms with Crippen LogP contribution < -0.4 is 11.2 Å². The number of nitrogens with two attached hydrogens (primary N) is 1. The van der Waals surface area contributed by atoms with Crippen LogP contribution in [0.15, 0.2) is 52.2 Å². The predicted molar refractivity (Wildman–Crippen MR) is 106 cm³/mol. The van der Waals surface area contributed by atoms with Gasteiger partial charge in [0.05, 0.1) is 17.2 Å². The van der Waals surface area contributed by atoms with Gasteiger partial charge in [0.2, 0.25) is 0 Å². The molecule has 0 saturated carbocycles. The van der Waals surface area contributed by atoms with Gasteiger partial charge in [0.15, 0.2) is 17.3 Å². The van der Waals surface area contributed by atoms with Gasteiger partial charge in [-0.2, -0.15) is 5.10 Å². The number of aromatic nitrogens is 4. The van der Waals surface area contributed by atoms with E-state index in [0.29, 0.717) is 27.4 Å². The number of phenols is 1. The zero-order chi connectivity index (χ0) is 20.4. The number of benzene rings is 2. The Bertz CT molecular complexity index is 1230. The second-order valence-corrected chi connectivity index (χ2v) is 6.44. The van der Waals surface area contributed by atoms with Crippen LogP contribution in [0.1, 0.15) is 5.56 Å². The summed E-state index contributed by atoms with van der Waals surface area (Å²) >= 11 is 5.89. The number of rotatable bonds is 5. The maximum absolute atomic E-state index is 12.5. The number of carbonyl (C=O) groups is 1. The number of hydrogen-bond acceptors (Lipinski definition) is 8. The van der Waals surface area contributed by atoms with E-state index in [1.54, 1.807) is 16.7 Å². The lowest BCUT2D eigenvalue weighted by atomic mass is 10.2. The third-order valence-corrected chi connectivity index (χ3v) is 4.30. The molecule has 2 heterocycles. The van der Waals surface area contributed by atoms with Crippen molar-refractivity contribution in [1.82, 2.24) is 25.3 Å². The van der Waals surface area contributed by atoms with E-state index in [1.165, 1.54) is 18.3 Å². The third-order valence-electron chi connectivity index (χ3n) is 4.06. The maximum atomic E-state index is 12.5. The number of imidazole rings is 1. The highest BCUT2D eigenvalue weighted by Gasteiger charge is 2.20. The molecule has 1 amide bonds. The minimum absolute atomic E-state index is 0.00991. The highest BCUT2D eigenvalue weighted by molar-refractivity contribution is 6.30. The number of halogens is 1. The first-order valence-corrected chi connectivity index (χ1v) is 8.75. The molecule has 0 bridgehead atoms. The number of hydrogen-bond donors (Lipinski definition) is 3. The highest BCUT2D eigenvalue weighted by atomic mass is 35.5. The number of phenolic OH excluding ortho intramolecular Hbond substituents is 1. The van der Waals surface area contributed by atoms with Crippen molar-refractivity contribution in [3.8, 4) is 17.3 Å². The fourth-order valence-corrected chi connectivity index (χ4v) is 2.93. The quantitative estimate of drug-likeness (QED) is 0.337. The van der Waals surface area contributed by atoms with E-state index >= 15 is 0 Å². The Morgan fingerprint density at radius 3 is 2.93 bits per heavy atom. The number of carbonyl (C=O) groups excluding carboxylic acids is 1. The molecule has 0 atom stereocenters. The standard InChI is InChI=1S/C18H14ClN7O3/c19-11-5-6-14(27)10(7-11)8-21-23-15(28)9-26-13-4-2-1-3-12(13)22-18(26)16-17(20)25-29-24-16/h1-8,27H,9H2,(H2,20,25)(H,23,28)/b21-8-. The van der Waals surface area contributed by atoms with Crippen molar-refractivity contribution in [3.05, 3.63) is 53.1 Å². The summed E-state index contributed by atoms with van der Waals surface area (Å²) in [5, 5.41) is 21.4. The topological polar surface area (TPSA) is 144 Å². The zero-order valence-corrected chi connectivity index (χ0v) is 15.5. The number of amides is 1. The number of hydrazone groups is 1. The van der Waals surface area contributed by atoms with Gasteiger partial charge in [0.1, 0.15) is 12.3 Å². The Hall–Kier alpha value is -3.92. The molecule has 4 N–H and O–H groups in total. The number of aromatic hydroxyl groups is 1. The molecule has 4 rings (SSSR count). The van der Waals surface area contributed by atoms with E-state index in [9.17, 15) is 9.90 Å². The van der Waals surface area contributed by atoms with Gasteiger partial charge < -0.3 is 15.4 Å². The van der Waals surface area contributed by atoms with Gasteiger partial charge in [-0.25, -0.2) is 15.0 Å². The molecule has 29 heavy (non-hydrogen) atoms. The van der Waals surface area contributed by atoms with Crippen molar-refractivity contribution in [2.45, 2.75) is 6.54 Å². The van der Waals surface area contributed by atoms with Crippen molar-refractivity contribution < 1.29 is 14.5 Å². The van der Waals surface area contributed by atoms with E-state index in [0.717, 1.165) is 0 Å². The fourth-order valence-electron chi connectivity index (χ4n) is 2.75. The second kappa shape index (κ2) is 7.60. The van der Waals surface area contributed by atoms with Crippen molar-refractivity contribution in [3.63, 3.8) is 0 Å². The smallest absolute Gasteiger partial charge is 0.260 e. The van der Waals surface area contributed by atoms with Crippen molar-refractivity contribution in [2.24, 2.45) is 5.10 Å². The fraction of sp³-hybridized carbons (Fsp3) is 0.0556. The minimum atomic E-state index is -0.429. The molecule has 4 aromatic rings. The number of nitrogens with zero attached hydrogens (tertiary/aromatic N) is 5. The SMILES string of the molecule is Nc1nonc1-c1nc2ccccc2n1CC(=O)N/N=C\c1cc(Cl)ccc1O. The molecular weight excluding hydrogens is 398 g/mol. The maximum Gasteiger partial charge on any atom is 0.260 e. The molecule has 0 radical (unpaired) electrons. The summed E-state index contributed by atoms with van der Waals surface area (Å²) in [6.45, 7) is -0.110. The van der Waals surface area contributed by atoms with E-state index in [4.69, 9.17) is 17.3 Å². The molecule has 0 aliphatic carbocycles. The molecule has 146 valence electrons. The van der Waals surface area contributed by atoms with Gasteiger partial charge in [0.25, 0.3) is 5.91 Å². The lowest BCUT2D eigenvalue weighted by molar-refractivity contribution is -0.121. The van der Waals surface area contributed by atoms with E-state index in [2.05, 4.69) is 30.5 Å². The molecule has 11 heteroatoms. The lowest BCUT2D eigenvalue weighted by Crippen LogP contribution is -2.23. The Morgan fingerprint density at radius 2 is 2.14 bits per heavy atom.